The van der Waals surface area contributed by atoms with E-state index < -0.39 is 30.3 Å². The molecule has 0 saturated carbocycles. The maximum absolute atomic E-state index is 11.5. The lowest BCUT2D eigenvalue weighted by Gasteiger charge is -2.17. The Morgan fingerprint density at radius 2 is 1.60 bits per heavy atom. The smallest absolute Gasteiger partial charge is 0.330 e. The molecule has 1 heterocycles. The van der Waals surface area contributed by atoms with Crippen LogP contribution in [0.15, 0.2) is 24.3 Å². The molecule has 0 aliphatic carbocycles. The van der Waals surface area contributed by atoms with Crippen molar-refractivity contribution in [3.8, 4) is 0 Å². The molecule has 0 unspecified atom stereocenters. The minimum absolute atomic E-state index is 0.361. The van der Waals surface area contributed by atoms with Crippen molar-refractivity contribution in [1.29, 1.82) is 0 Å². The Hall–Kier alpha value is -1.66. The average Bonchev–Trinajstić information content (AvgIpc) is 2.39. The van der Waals surface area contributed by atoms with E-state index in [0.717, 1.165) is 12.2 Å². The number of cyclic esters (lactones) is 2. The number of hydrogen-bond donors (Lipinski definition) is 2. The van der Waals surface area contributed by atoms with Gasteiger partial charge in [-0.05, 0) is 38.8 Å². The molecule has 4 atom stereocenters. The number of ether oxygens (including phenoxy) is 2. The van der Waals surface area contributed by atoms with Crippen LogP contribution in [0.3, 0.4) is 0 Å². The Bertz CT molecular complexity index is 400. The topological polar surface area (TPSA) is 93.1 Å². The summed E-state index contributed by atoms with van der Waals surface area (Å²) in [5.41, 5.74) is 0. The van der Waals surface area contributed by atoms with Crippen molar-refractivity contribution >= 4 is 11.9 Å². The molecule has 6 heteroatoms. The normalized spacial score (nSPS) is 36.4. The van der Waals surface area contributed by atoms with Crippen molar-refractivity contribution in [2.45, 2.75) is 51.1 Å². The van der Waals surface area contributed by atoms with Crippen LogP contribution in [0.1, 0.15) is 26.7 Å². The largest absolute Gasteiger partial charge is 0.460 e. The van der Waals surface area contributed by atoms with E-state index in [1.165, 1.54) is 19.1 Å². The molecule has 0 saturated heterocycles. The Kier molecular flexibility index (Phi) is 6.41. The second-order valence-electron chi connectivity index (χ2n) is 4.74. The van der Waals surface area contributed by atoms with Crippen molar-refractivity contribution in [2.75, 3.05) is 0 Å². The van der Waals surface area contributed by atoms with E-state index in [-0.39, 0.29) is 6.10 Å². The van der Waals surface area contributed by atoms with Gasteiger partial charge in [0, 0.05) is 12.2 Å². The average molecular weight is 284 g/mol. The Morgan fingerprint density at radius 3 is 2.30 bits per heavy atom. The van der Waals surface area contributed by atoms with Crippen LogP contribution < -0.4 is 0 Å². The maximum Gasteiger partial charge on any atom is 0.330 e. The summed E-state index contributed by atoms with van der Waals surface area (Å²) in [6.45, 7) is 3.21. The van der Waals surface area contributed by atoms with Gasteiger partial charge in [-0.25, -0.2) is 9.59 Å². The van der Waals surface area contributed by atoms with E-state index in [4.69, 9.17) is 9.47 Å². The predicted octanol–water partition coefficient (Wildman–Crippen LogP) is 0.478. The first kappa shape index (κ1) is 16.4. The van der Waals surface area contributed by atoms with E-state index in [2.05, 4.69) is 0 Å². The predicted molar refractivity (Wildman–Crippen MR) is 70.6 cm³/mol. The monoisotopic (exact) mass is 284 g/mol. The van der Waals surface area contributed by atoms with Crippen LogP contribution in [-0.2, 0) is 19.1 Å². The lowest BCUT2D eigenvalue weighted by atomic mass is 10.1. The van der Waals surface area contributed by atoms with Crippen molar-refractivity contribution in [3.63, 3.8) is 0 Å². The first-order chi connectivity index (χ1) is 9.38. The van der Waals surface area contributed by atoms with Crippen molar-refractivity contribution in [3.05, 3.63) is 24.3 Å². The van der Waals surface area contributed by atoms with Crippen LogP contribution >= 0.6 is 0 Å². The number of carbonyl (C=O) groups excluding carboxylic acids is 2. The zero-order valence-corrected chi connectivity index (χ0v) is 11.6. The van der Waals surface area contributed by atoms with E-state index in [9.17, 15) is 19.8 Å². The Morgan fingerprint density at radius 1 is 1.00 bits per heavy atom. The molecule has 0 amide bonds. The molecule has 6 nitrogen and oxygen atoms in total. The van der Waals surface area contributed by atoms with E-state index in [0.29, 0.717) is 12.8 Å². The Labute approximate surface area is 117 Å². The van der Waals surface area contributed by atoms with Gasteiger partial charge >= 0.3 is 11.9 Å². The number of carbonyl (C=O) groups is 2. The first-order valence-electron chi connectivity index (χ1n) is 6.52. The maximum atomic E-state index is 11.5. The molecular weight excluding hydrogens is 264 g/mol. The van der Waals surface area contributed by atoms with Crippen LogP contribution in [-0.4, -0.2) is 46.6 Å². The van der Waals surface area contributed by atoms with Crippen molar-refractivity contribution in [2.24, 2.45) is 0 Å². The van der Waals surface area contributed by atoms with E-state index >= 15 is 0 Å². The zero-order valence-electron chi connectivity index (χ0n) is 11.6. The molecule has 2 N–H and O–H groups in total. The lowest BCUT2D eigenvalue weighted by molar-refractivity contribution is -0.146. The molecule has 20 heavy (non-hydrogen) atoms. The van der Waals surface area contributed by atoms with Crippen LogP contribution in [0.5, 0.6) is 0 Å². The van der Waals surface area contributed by atoms with Crippen LogP contribution in [0.25, 0.3) is 0 Å². The molecule has 1 aliphatic heterocycles. The lowest BCUT2D eigenvalue weighted by Crippen LogP contribution is -2.27. The first-order valence-corrected chi connectivity index (χ1v) is 6.52. The standard InChI is InChI=1S/C14H20O6/c1-9-3-4-11(15)5-7-14(18)20-10(2)12(16)6-8-13(17)19-9/h5-12,15-16H,3-4H2,1-2H3/b7-5+,8-6+/t9-,10-,11-,12+/m1/s1. The van der Waals surface area contributed by atoms with Crippen molar-refractivity contribution < 1.29 is 29.3 Å². The summed E-state index contributed by atoms with van der Waals surface area (Å²) in [7, 11) is 0. The SMILES string of the molecule is C[C@@H]1CC[C@@H](O)/C=C/C(=O)O[C@H](C)[C@@H](O)/C=C/C(=O)O1. The summed E-state index contributed by atoms with van der Waals surface area (Å²) in [6.07, 6.45) is 2.48. The second-order valence-corrected chi connectivity index (χ2v) is 4.74. The number of esters is 2. The quantitative estimate of drug-likeness (QED) is 0.628. The molecule has 0 radical (unpaired) electrons. The Balaban J connectivity index is 2.79. The number of aliphatic hydroxyl groups excluding tert-OH is 2. The summed E-state index contributed by atoms with van der Waals surface area (Å²) in [5.74, 6) is -1.24. The van der Waals surface area contributed by atoms with Crippen LogP contribution in [0.4, 0.5) is 0 Å². The highest BCUT2D eigenvalue weighted by atomic mass is 16.6. The minimum Gasteiger partial charge on any atom is -0.460 e. The molecule has 112 valence electrons. The van der Waals surface area contributed by atoms with Gasteiger partial charge in [-0.2, -0.15) is 0 Å². The fourth-order valence-corrected chi connectivity index (χ4v) is 1.61. The van der Waals surface area contributed by atoms with E-state index in [1.54, 1.807) is 6.92 Å². The molecule has 0 aromatic carbocycles. The highest BCUT2D eigenvalue weighted by Crippen LogP contribution is 2.09. The second kappa shape index (κ2) is 7.81. The van der Waals surface area contributed by atoms with Gasteiger partial charge < -0.3 is 19.7 Å². The molecule has 1 rings (SSSR count). The van der Waals surface area contributed by atoms with Gasteiger partial charge in [0.2, 0.25) is 0 Å². The fourth-order valence-electron chi connectivity index (χ4n) is 1.61. The van der Waals surface area contributed by atoms with Gasteiger partial charge in [0.05, 0.1) is 12.2 Å². The third kappa shape index (κ3) is 5.99. The molecule has 1 aliphatic rings. The summed E-state index contributed by atoms with van der Waals surface area (Å²) < 4.78 is 9.99. The molecule has 0 bridgehead atoms. The third-order valence-corrected chi connectivity index (χ3v) is 2.85. The van der Waals surface area contributed by atoms with Gasteiger partial charge in [0.25, 0.3) is 0 Å². The highest BCUT2D eigenvalue weighted by Gasteiger charge is 2.17. The molecule has 0 aromatic heterocycles. The highest BCUT2D eigenvalue weighted by molar-refractivity contribution is 5.83. The fraction of sp³-hybridized carbons (Fsp3) is 0.571. The van der Waals surface area contributed by atoms with Crippen LogP contribution in [0, 0.1) is 0 Å². The van der Waals surface area contributed by atoms with E-state index in [1.807, 2.05) is 0 Å². The van der Waals surface area contributed by atoms with Crippen LogP contribution in [0.2, 0.25) is 0 Å². The summed E-state index contributed by atoms with van der Waals surface area (Å²) in [5, 5.41) is 19.3. The molecule has 0 spiro atoms. The van der Waals surface area contributed by atoms with Gasteiger partial charge in [-0.1, -0.05) is 0 Å². The minimum atomic E-state index is -1.11. The number of rotatable bonds is 0. The molecule has 0 aromatic rings. The number of hydrogen-bond acceptors (Lipinski definition) is 6. The number of aliphatic hydroxyl groups is 2. The third-order valence-electron chi connectivity index (χ3n) is 2.85. The molecule has 0 fully saturated rings. The van der Waals surface area contributed by atoms with Gasteiger partial charge in [-0.3, -0.25) is 0 Å². The summed E-state index contributed by atoms with van der Waals surface area (Å²) in [6, 6.07) is 0. The molecular formula is C14H20O6. The van der Waals surface area contributed by atoms with Gasteiger partial charge in [0.15, 0.2) is 0 Å². The van der Waals surface area contributed by atoms with Crippen molar-refractivity contribution in [1.82, 2.24) is 0 Å². The van der Waals surface area contributed by atoms with Gasteiger partial charge in [0.1, 0.15) is 12.2 Å². The van der Waals surface area contributed by atoms with Gasteiger partial charge in [-0.15, -0.1) is 0 Å². The summed E-state index contributed by atoms with van der Waals surface area (Å²) >= 11 is 0. The summed E-state index contributed by atoms with van der Waals surface area (Å²) in [4.78, 5) is 22.9. The zero-order chi connectivity index (χ0) is 15.1.